The summed E-state index contributed by atoms with van der Waals surface area (Å²) in [5.74, 6) is 0.103. The van der Waals surface area contributed by atoms with Gasteiger partial charge in [-0.1, -0.05) is 108 Å². The smallest absolute Gasteiger partial charge is 0.163 e. The van der Waals surface area contributed by atoms with Crippen molar-refractivity contribution < 1.29 is 9.59 Å². The minimum absolute atomic E-state index is 0.103. The van der Waals surface area contributed by atoms with Crippen LogP contribution in [0.4, 0.5) is 0 Å². The SMILES string of the molecule is CCCCCCCCCCCCCCCC(=O)c1ccccc1C=O. The molecule has 2 nitrogen and oxygen atoms in total. The summed E-state index contributed by atoms with van der Waals surface area (Å²) in [5.41, 5.74) is 1.10. The molecule has 0 aliphatic rings. The lowest BCUT2D eigenvalue weighted by molar-refractivity contribution is 0.0973. The van der Waals surface area contributed by atoms with Crippen molar-refractivity contribution in [1.82, 2.24) is 0 Å². The van der Waals surface area contributed by atoms with Crippen LogP contribution < -0.4 is 0 Å². The van der Waals surface area contributed by atoms with E-state index in [1.807, 2.05) is 6.07 Å². The lowest BCUT2D eigenvalue weighted by atomic mass is 9.99. The Kier molecular flexibility index (Phi) is 12.8. The van der Waals surface area contributed by atoms with Crippen LogP contribution in [0, 0.1) is 0 Å². The van der Waals surface area contributed by atoms with Gasteiger partial charge in [-0.05, 0) is 6.42 Å². The van der Waals surface area contributed by atoms with E-state index >= 15 is 0 Å². The van der Waals surface area contributed by atoms with Crippen molar-refractivity contribution in [3.63, 3.8) is 0 Å². The Morgan fingerprint density at radius 2 is 1.24 bits per heavy atom. The van der Waals surface area contributed by atoms with Crippen molar-refractivity contribution in [2.24, 2.45) is 0 Å². The minimum atomic E-state index is 0.103. The zero-order valence-electron chi connectivity index (χ0n) is 16.1. The minimum Gasteiger partial charge on any atom is -0.298 e. The van der Waals surface area contributed by atoms with E-state index < -0.39 is 0 Å². The van der Waals surface area contributed by atoms with Gasteiger partial charge in [0.2, 0.25) is 0 Å². The average Bonchev–Trinajstić information content (AvgIpc) is 2.65. The summed E-state index contributed by atoms with van der Waals surface area (Å²) in [6.45, 7) is 2.26. The zero-order chi connectivity index (χ0) is 18.2. The Labute approximate surface area is 154 Å². The maximum atomic E-state index is 12.2. The van der Waals surface area contributed by atoms with Crippen molar-refractivity contribution in [2.45, 2.75) is 96.8 Å². The number of hydrogen-bond donors (Lipinski definition) is 0. The third-order valence-electron chi connectivity index (χ3n) is 4.90. The zero-order valence-corrected chi connectivity index (χ0v) is 16.1. The number of hydrogen-bond acceptors (Lipinski definition) is 2. The Morgan fingerprint density at radius 3 is 1.76 bits per heavy atom. The van der Waals surface area contributed by atoms with Crippen LogP contribution in [0.2, 0.25) is 0 Å². The van der Waals surface area contributed by atoms with E-state index in [-0.39, 0.29) is 5.78 Å². The first-order chi connectivity index (χ1) is 12.3. The van der Waals surface area contributed by atoms with E-state index in [9.17, 15) is 9.59 Å². The highest BCUT2D eigenvalue weighted by Crippen LogP contribution is 2.15. The standard InChI is InChI=1S/C23H36O2/c1-2-3-4-5-6-7-8-9-10-11-12-13-14-19-23(25)22-18-16-15-17-21(22)20-24/h15-18,20H,2-14,19H2,1H3. The molecule has 1 aromatic rings. The molecule has 0 unspecified atom stereocenters. The molecule has 25 heavy (non-hydrogen) atoms. The molecule has 1 rings (SSSR count). The average molecular weight is 345 g/mol. The third-order valence-corrected chi connectivity index (χ3v) is 4.90. The Hall–Kier alpha value is -1.44. The van der Waals surface area contributed by atoms with E-state index in [2.05, 4.69) is 6.92 Å². The van der Waals surface area contributed by atoms with Crippen LogP contribution in [-0.2, 0) is 0 Å². The predicted molar refractivity (Wildman–Crippen MR) is 106 cm³/mol. The fraction of sp³-hybridized carbons (Fsp3) is 0.652. The van der Waals surface area contributed by atoms with Crippen LogP contribution in [-0.4, -0.2) is 12.1 Å². The number of unbranched alkanes of at least 4 members (excludes halogenated alkanes) is 12. The lowest BCUT2D eigenvalue weighted by Gasteiger charge is -2.04. The molecule has 0 aromatic heterocycles. The molecule has 0 heterocycles. The summed E-state index contributed by atoms with van der Waals surface area (Å²) in [5, 5.41) is 0. The van der Waals surface area contributed by atoms with Crippen LogP contribution in [0.1, 0.15) is 118 Å². The van der Waals surface area contributed by atoms with Gasteiger partial charge in [-0.2, -0.15) is 0 Å². The summed E-state index contributed by atoms with van der Waals surface area (Å²) >= 11 is 0. The molecule has 0 bridgehead atoms. The molecule has 0 N–H and O–H groups in total. The molecule has 0 saturated carbocycles. The predicted octanol–water partition coefficient (Wildman–Crippen LogP) is 7.16. The molecule has 2 heteroatoms. The van der Waals surface area contributed by atoms with E-state index in [1.54, 1.807) is 18.2 Å². The monoisotopic (exact) mass is 344 g/mol. The molecule has 0 atom stereocenters. The quantitative estimate of drug-likeness (QED) is 0.181. The topological polar surface area (TPSA) is 34.1 Å². The molecule has 0 radical (unpaired) electrons. The van der Waals surface area contributed by atoms with Crippen LogP contribution in [0.5, 0.6) is 0 Å². The fourth-order valence-corrected chi connectivity index (χ4v) is 3.29. The van der Waals surface area contributed by atoms with E-state index in [1.165, 1.54) is 70.6 Å². The molecular formula is C23H36O2. The molecule has 0 aliphatic carbocycles. The number of rotatable bonds is 16. The highest BCUT2D eigenvalue weighted by molar-refractivity contribution is 6.02. The molecule has 0 fully saturated rings. The number of carbonyl (C=O) groups is 2. The highest BCUT2D eigenvalue weighted by atomic mass is 16.1. The summed E-state index contributed by atoms with van der Waals surface area (Å²) in [6.07, 6.45) is 18.3. The van der Waals surface area contributed by atoms with Gasteiger partial charge >= 0.3 is 0 Å². The van der Waals surface area contributed by atoms with Crippen molar-refractivity contribution in [3.05, 3.63) is 35.4 Å². The van der Waals surface area contributed by atoms with Gasteiger partial charge in [0.1, 0.15) is 0 Å². The van der Waals surface area contributed by atoms with Crippen LogP contribution >= 0.6 is 0 Å². The largest absolute Gasteiger partial charge is 0.298 e. The van der Waals surface area contributed by atoms with Gasteiger partial charge in [0.25, 0.3) is 0 Å². The first kappa shape index (κ1) is 21.6. The third kappa shape index (κ3) is 10.2. The highest BCUT2D eigenvalue weighted by Gasteiger charge is 2.09. The Balaban J connectivity index is 1.95. The summed E-state index contributed by atoms with van der Waals surface area (Å²) < 4.78 is 0. The van der Waals surface area contributed by atoms with Gasteiger partial charge in [-0.25, -0.2) is 0 Å². The molecule has 0 spiro atoms. The van der Waals surface area contributed by atoms with Crippen LogP contribution in [0.15, 0.2) is 24.3 Å². The van der Waals surface area contributed by atoms with E-state index in [4.69, 9.17) is 0 Å². The van der Waals surface area contributed by atoms with Crippen LogP contribution in [0.25, 0.3) is 0 Å². The first-order valence-corrected chi connectivity index (χ1v) is 10.4. The molecule has 0 amide bonds. The molecule has 1 aromatic carbocycles. The molecule has 140 valence electrons. The van der Waals surface area contributed by atoms with E-state index in [0.29, 0.717) is 17.5 Å². The number of ketones is 1. The van der Waals surface area contributed by atoms with Gasteiger partial charge in [-0.3, -0.25) is 9.59 Å². The van der Waals surface area contributed by atoms with Crippen molar-refractivity contribution in [1.29, 1.82) is 0 Å². The number of benzene rings is 1. The van der Waals surface area contributed by atoms with E-state index in [0.717, 1.165) is 19.1 Å². The van der Waals surface area contributed by atoms with Crippen molar-refractivity contribution >= 4 is 12.1 Å². The summed E-state index contributed by atoms with van der Waals surface area (Å²) in [4.78, 5) is 23.1. The Morgan fingerprint density at radius 1 is 0.760 bits per heavy atom. The number of carbonyl (C=O) groups excluding carboxylic acids is 2. The molecule has 0 aliphatic heterocycles. The maximum absolute atomic E-state index is 12.2. The second-order valence-corrected chi connectivity index (χ2v) is 7.12. The molecular weight excluding hydrogens is 308 g/mol. The van der Waals surface area contributed by atoms with Crippen molar-refractivity contribution in [2.75, 3.05) is 0 Å². The second kappa shape index (κ2) is 14.9. The number of aldehydes is 1. The van der Waals surface area contributed by atoms with Gasteiger partial charge in [0.15, 0.2) is 12.1 Å². The normalized spacial score (nSPS) is 10.8. The van der Waals surface area contributed by atoms with Gasteiger partial charge in [0.05, 0.1) is 0 Å². The van der Waals surface area contributed by atoms with Crippen LogP contribution in [0.3, 0.4) is 0 Å². The first-order valence-electron chi connectivity index (χ1n) is 10.4. The van der Waals surface area contributed by atoms with Gasteiger partial charge in [0, 0.05) is 17.5 Å². The summed E-state index contributed by atoms with van der Waals surface area (Å²) in [6, 6.07) is 7.09. The number of Topliss-reactive ketones (excluding diaryl/α,β-unsaturated/α-hetero) is 1. The second-order valence-electron chi connectivity index (χ2n) is 7.12. The maximum Gasteiger partial charge on any atom is 0.163 e. The fourth-order valence-electron chi connectivity index (χ4n) is 3.29. The molecule has 0 saturated heterocycles. The van der Waals surface area contributed by atoms with Crippen molar-refractivity contribution in [3.8, 4) is 0 Å². The Bertz CT molecular complexity index is 479. The lowest BCUT2D eigenvalue weighted by Crippen LogP contribution is -2.03. The van der Waals surface area contributed by atoms with Gasteiger partial charge < -0.3 is 0 Å². The van der Waals surface area contributed by atoms with Gasteiger partial charge in [-0.15, -0.1) is 0 Å². The summed E-state index contributed by atoms with van der Waals surface area (Å²) in [7, 11) is 0.